The molecule has 4 heteroatoms. The normalized spacial score (nSPS) is 35.9. The Morgan fingerprint density at radius 3 is 2.53 bits per heavy atom. The van der Waals surface area contributed by atoms with E-state index >= 15 is 0 Å². The number of hydrogen-bond donors (Lipinski definition) is 1. The molecule has 2 aliphatic rings. The fourth-order valence-electron chi connectivity index (χ4n) is 3.67. The number of nitrogens with two attached hydrogens (primary N) is 1. The first kappa shape index (κ1) is 14.8. The number of rotatable bonds is 3. The molecule has 0 spiro atoms. The topological polar surface area (TPSA) is 49.6 Å². The van der Waals surface area contributed by atoms with Crippen molar-refractivity contribution in [3.8, 4) is 0 Å². The molecule has 110 valence electrons. The highest BCUT2D eigenvalue weighted by molar-refractivity contribution is 5.77. The summed E-state index contributed by atoms with van der Waals surface area (Å²) in [5.74, 6) is 1.30. The van der Waals surface area contributed by atoms with Gasteiger partial charge in [-0.2, -0.15) is 0 Å². The molecule has 1 amide bonds. The Morgan fingerprint density at radius 1 is 1.26 bits per heavy atom. The van der Waals surface area contributed by atoms with Gasteiger partial charge in [-0.15, -0.1) is 0 Å². The minimum absolute atomic E-state index is 0.238. The van der Waals surface area contributed by atoms with Crippen molar-refractivity contribution in [2.45, 2.75) is 51.1 Å². The molecule has 0 aromatic rings. The van der Waals surface area contributed by atoms with Crippen molar-refractivity contribution in [3.05, 3.63) is 0 Å². The van der Waals surface area contributed by atoms with Crippen molar-refractivity contribution in [2.24, 2.45) is 17.6 Å². The fraction of sp³-hybridized carbons (Fsp3) is 0.933. The summed E-state index contributed by atoms with van der Waals surface area (Å²) in [6, 6.07) is 0.742. The minimum Gasteiger partial charge on any atom is -0.341 e. The maximum Gasteiger partial charge on any atom is 0.222 e. The van der Waals surface area contributed by atoms with E-state index in [0.717, 1.165) is 25.9 Å². The van der Waals surface area contributed by atoms with E-state index in [1.54, 1.807) is 0 Å². The van der Waals surface area contributed by atoms with Crippen LogP contribution >= 0.6 is 0 Å². The lowest BCUT2D eigenvalue weighted by Gasteiger charge is -2.29. The predicted molar refractivity (Wildman–Crippen MR) is 77.8 cm³/mol. The van der Waals surface area contributed by atoms with Gasteiger partial charge in [0.2, 0.25) is 5.91 Å². The molecule has 2 rings (SSSR count). The van der Waals surface area contributed by atoms with Gasteiger partial charge in [-0.05, 0) is 38.8 Å². The van der Waals surface area contributed by atoms with Gasteiger partial charge in [0.25, 0.3) is 0 Å². The summed E-state index contributed by atoms with van der Waals surface area (Å²) in [7, 11) is 4.21. The molecule has 4 nitrogen and oxygen atoms in total. The van der Waals surface area contributed by atoms with E-state index in [2.05, 4.69) is 30.8 Å². The largest absolute Gasteiger partial charge is 0.341 e. The summed E-state index contributed by atoms with van der Waals surface area (Å²) < 4.78 is 0. The van der Waals surface area contributed by atoms with Crippen LogP contribution in [-0.4, -0.2) is 55.0 Å². The average molecular weight is 267 g/mol. The van der Waals surface area contributed by atoms with Crippen LogP contribution in [0, 0.1) is 11.8 Å². The second kappa shape index (κ2) is 6.23. The van der Waals surface area contributed by atoms with E-state index < -0.39 is 0 Å². The van der Waals surface area contributed by atoms with E-state index in [9.17, 15) is 4.79 Å². The van der Waals surface area contributed by atoms with Crippen LogP contribution in [0.4, 0.5) is 0 Å². The standard InChI is InChI=1S/C15H29N3O/c1-11-9-18(10-14(11)17(2)3)15(19)8-12-6-4-5-7-13(12)16/h11-14H,4-10,16H2,1-3H3. The third-order valence-electron chi connectivity index (χ3n) is 4.99. The molecule has 2 N–H and O–H groups in total. The summed E-state index contributed by atoms with van der Waals surface area (Å²) in [5, 5.41) is 0. The smallest absolute Gasteiger partial charge is 0.222 e. The summed E-state index contributed by atoms with van der Waals surface area (Å²) in [6.45, 7) is 4.03. The van der Waals surface area contributed by atoms with Crippen molar-refractivity contribution in [1.82, 2.24) is 9.80 Å². The third kappa shape index (κ3) is 3.48. The highest BCUT2D eigenvalue weighted by Crippen LogP contribution is 2.28. The highest BCUT2D eigenvalue weighted by Gasteiger charge is 2.35. The van der Waals surface area contributed by atoms with Crippen LogP contribution in [0.15, 0.2) is 0 Å². The fourth-order valence-corrected chi connectivity index (χ4v) is 3.67. The van der Waals surface area contributed by atoms with Crippen molar-refractivity contribution in [2.75, 3.05) is 27.2 Å². The number of nitrogens with zero attached hydrogens (tertiary/aromatic N) is 2. The molecule has 4 atom stereocenters. The van der Waals surface area contributed by atoms with Gasteiger partial charge < -0.3 is 15.5 Å². The molecule has 1 heterocycles. The lowest BCUT2D eigenvalue weighted by atomic mass is 9.83. The van der Waals surface area contributed by atoms with Crippen LogP contribution in [0.2, 0.25) is 0 Å². The molecule has 1 aliphatic heterocycles. The first-order valence-electron chi connectivity index (χ1n) is 7.68. The van der Waals surface area contributed by atoms with Gasteiger partial charge in [0, 0.05) is 31.6 Å². The van der Waals surface area contributed by atoms with Crippen molar-refractivity contribution in [1.29, 1.82) is 0 Å². The predicted octanol–water partition coefficient (Wildman–Crippen LogP) is 1.30. The molecule has 0 radical (unpaired) electrons. The SMILES string of the molecule is CC1CN(C(=O)CC2CCCCC2N)CC1N(C)C. The maximum atomic E-state index is 12.4. The van der Waals surface area contributed by atoms with Crippen molar-refractivity contribution < 1.29 is 4.79 Å². The number of carbonyl (C=O) groups is 1. The average Bonchev–Trinajstić information content (AvgIpc) is 2.74. The van der Waals surface area contributed by atoms with Crippen LogP contribution in [0.3, 0.4) is 0 Å². The highest BCUT2D eigenvalue weighted by atomic mass is 16.2. The molecular weight excluding hydrogens is 238 g/mol. The summed E-state index contributed by atoms with van der Waals surface area (Å²) in [5.41, 5.74) is 6.15. The Balaban J connectivity index is 1.87. The van der Waals surface area contributed by atoms with Gasteiger partial charge in [0.15, 0.2) is 0 Å². The summed E-state index contributed by atoms with van der Waals surface area (Å²) >= 11 is 0. The number of hydrogen-bond acceptors (Lipinski definition) is 3. The van der Waals surface area contributed by atoms with Gasteiger partial charge >= 0.3 is 0 Å². The van der Waals surface area contributed by atoms with Gasteiger partial charge in [0.1, 0.15) is 0 Å². The number of likely N-dealkylation sites (N-methyl/N-ethyl adjacent to an activating group) is 1. The Hall–Kier alpha value is -0.610. The Labute approximate surface area is 117 Å². The lowest BCUT2D eigenvalue weighted by Crippen LogP contribution is -2.39. The molecule has 1 saturated heterocycles. The zero-order valence-electron chi connectivity index (χ0n) is 12.6. The molecule has 0 aromatic carbocycles. The first-order valence-corrected chi connectivity index (χ1v) is 7.68. The van der Waals surface area contributed by atoms with E-state index in [1.807, 2.05) is 0 Å². The van der Waals surface area contributed by atoms with Gasteiger partial charge in [0.05, 0.1) is 0 Å². The van der Waals surface area contributed by atoms with Crippen LogP contribution < -0.4 is 5.73 Å². The van der Waals surface area contributed by atoms with E-state index in [1.165, 1.54) is 12.8 Å². The summed E-state index contributed by atoms with van der Waals surface area (Å²) in [6.07, 6.45) is 5.35. The van der Waals surface area contributed by atoms with Gasteiger partial charge in [-0.25, -0.2) is 0 Å². The Kier molecular flexibility index (Phi) is 4.85. The molecule has 1 saturated carbocycles. The molecule has 4 unspecified atom stereocenters. The van der Waals surface area contributed by atoms with E-state index in [-0.39, 0.29) is 6.04 Å². The minimum atomic E-state index is 0.238. The Morgan fingerprint density at radius 2 is 1.95 bits per heavy atom. The van der Waals surface area contributed by atoms with E-state index in [4.69, 9.17) is 5.73 Å². The van der Waals surface area contributed by atoms with Crippen LogP contribution in [0.25, 0.3) is 0 Å². The zero-order chi connectivity index (χ0) is 14.0. The van der Waals surface area contributed by atoms with E-state index in [0.29, 0.717) is 30.2 Å². The number of likely N-dealkylation sites (tertiary alicyclic amines) is 1. The number of carbonyl (C=O) groups excluding carboxylic acids is 1. The second-order valence-electron chi connectivity index (χ2n) is 6.72. The Bertz CT molecular complexity index is 319. The van der Waals surface area contributed by atoms with Crippen LogP contribution in [0.5, 0.6) is 0 Å². The lowest BCUT2D eigenvalue weighted by molar-refractivity contribution is -0.131. The van der Waals surface area contributed by atoms with Crippen molar-refractivity contribution in [3.63, 3.8) is 0 Å². The molecular formula is C15H29N3O. The molecule has 19 heavy (non-hydrogen) atoms. The van der Waals surface area contributed by atoms with Crippen LogP contribution in [0.1, 0.15) is 39.0 Å². The third-order valence-corrected chi connectivity index (χ3v) is 4.99. The van der Waals surface area contributed by atoms with Crippen LogP contribution in [-0.2, 0) is 4.79 Å². The molecule has 0 bridgehead atoms. The molecule has 1 aliphatic carbocycles. The van der Waals surface area contributed by atoms with Crippen molar-refractivity contribution >= 4 is 5.91 Å². The van der Waals surface area contributed by atoms with Gasteiger partial charge in [-0.1, -0.05) is 19.8 Å². The maximum absolute atomic E-state index is 12.4. The molecule has 0 aromatic heterocycles. The van der Waals surface area contributed by atoms with Gasteiger partial charge in [-0.3, -0.25) is 4.79 Å². The second-order valence-corrected chi connectivity index (χ2v) is 6.72. The molecule has 2 fully saturated rings. The quantitative estimate of drug-likeness (QED) is 0.838. The first-order chi connectivity index (χ1) is 8.99. The monoisotopic (exact) mass is 267 g/mol. The number of amides is 1. The zero-order valence-corrected chi connectivity index (χ0v) is 12.6. The summed E-state index contributed by atoms with van der Waals surface area (Å²) in [4.78, 5) is 16.7.